The van der Waals surface area contributed by atoms with Crippen LogP contribution < -0.4 is 5.22 Å². The van der Waals surface area contributed by atoms with Gasteiger partial charge in [0, 0.05) is 0 Å². The summed E-state index contributed by atoms with van der Waals surface area (Å²) in [6.45, 7) is 4.36. The molecule has 1 aliphatic carbocycles. The van der Waals surface area contributed by atoms with Crippen molar-refractivity contribution in [2.45, 2.75) is 20.3 Å². The summed E-state index contributed by atoms with van der Waals surface area (Å²) in [5.74, 6) is 0. The molecule has 0 atom stereocenters. The highest BCUT2D eigenvalue weighted by Gasteiger charge is 2.10. The predicted octanol–water partition coefficient (Wildman–Crippen LogP) is 4.30. The Hall–Kier alpha value is -2.08. The number of aryl methyl sites for hydroxylation is 1. The Balaban J connectivity index is 2.32. The molecule has 92 valence electrons. The maximum Gasteiger partial charge on any atom is -0.00298 e. The molecular formula is C19H16. The summed E-state index contributed by atoms with van der Waals surface area (Å²) in [5.41, 5.74) is 4.15. The van der Waals surface area contributed by atoms with Gasteiger partial charge >= 0.3 is 0 Å². The van der Waals surface area contributed by atoms with Crippen molar-refractivity contribution in [3.8, 4) is 0 Å². The fourth-order valence-electron chi connectivity index (χ4n) is 3.29. The average molecular weight is 244 g/mol. The summed E-state index contributed by atoms with van der Waals surface area (Å²) >= 11 is 0. The summed E-state index contributed by atoms with van der Waals surface area (Å²) in [5, 5.41) is 6.97. The summed E-state index contributed by atoms with van der Waals surface area (Å²) in [6.07, 6.45) is 5.67. The van der Waals surface area contributed by atoms with Gasteiger partial charge in [-0.25, -0.2) is 0 Å². The standard InChI is InChI=1S/C19H16/c1-12-3-4-14-5-6-16-10-13(2)11-17-8-7-15(9-12)18(14)19(16)17/h3,5-11H,4H2,1-2H3. The Bertz CT molecular complexity index is 876. The van der Waals surface area contributed by atoms with Gasteiger partial charge < -0.3 is 0 Å². The van der Waals surface area contributed by atoms with Crippen molar-refractivity contribution in [3.63, 3.8) is 0 Å². The highest BCUT2D eigenvalue weighted by atomic mass is 14.1. The summed E-state index contributed by atoms with van der Waals surface area (Å²) in [6, 6.07) is 13.7. The second kappa shape index (κ2) is 3.71. The van der Waals surface area contributed by atoms with Crippen molar-refractivity contribution in [1.29, 1.82) is 0 Å². The number of benzene rings is 3. The fraction of sp³-hybridized carbons (Fsp3) is 0.158. The Morgan fingerprint density at radius 3 is 2.37 bits per heavy atom. The minimum Gasteiger partial charge on any atom is -0.0772 e. The molecule has 0 N–H and O–H groups in total. The van der Waals surface area contributed by atoms with Crippen LogP contribution in [0, 0.1) is 6.92 Å². The molecule has 1 aliphatic rings. The molecule has 4 rings (SSSR count). The van der Waals surface area contributed by atoms with E-state index in [2.05, 4.69) is 62.4 Å². The molecule has 0 fully saturated rings. The van der Waals surface area contributed by atoms with E-state index in [1.165, 1.54) is 43.5 Å². The van der Waals surface area contributed by atoms with Crippen molar-refractivity contribution >= 4 is 27.6 Å². The van der Waals surface area contributed by atoms with Crippen molar-refractivity contribution in [2.24, 2.45) is 0 Å². The maximum atomic E-state index is 2.32. The molecule has 0 radical (unpaired) electrons. The number of hydrogen-bond donors (Lipinski definition) is 0. The van der Waals surface area contributed by atoms with Gasteiger partial charge in [-0.05, 0) is 58.2 Å². The minimum atomic E-state index is 1.04. The lowest BCUT2D eigenvalue weighted by molar-refractivity contribution is 1.28. The molecule has 0 saturated heterocycles. The topological polar surface area (TPSA) is 0 Å². The molecule has 3 aromatic carbocycles. The van der Waals surface area contributed by atoms with E-state index in [-0.39, 0.29) is 0 Å². The molecule has 0 amide bonds. The zero-order valence-electron chi connectivity index (χ0n) is 11.3. The van der Waals surface area contributed by atoms with E-state index >= 15 is 0 Å². The van der Waals surface area contributed by atoms with Crippen LogP contribution >= 0.6 is 0 Å². The van der Waals surface area contributed by atoms with Gasteiger partial charge in [-0.2, -0.15) is 0 Å². The largest absolute Gasteiger partial charge is 0.0772 e. The first-order chi connectivity index (χ1) is 9.22. The van der Waals surface area contributed by atoms with E-state index in [4.69, 9.17) is 0 Å². The third kappa shape index (κ3) is 1.53. The number of hydrogen-bond acceptors (Lipinski definition) is 0. The molecule has 0 heteroatoms. The molecule has 19 heavy (non-hydrogen) atoms. The molecule has 0 aliphatic heterocycles. The van der Waals surface area contributed by atoms with Gasteiger partial charge in [0.25, 0.3) is 0 Å². The molecule has 0 bridgehead atoms. The van der Waals surface area contributed by atoms with Crippen molar-refractivity contribution in [2.75, 3.05) is 0 Å². The minimum absolute atomic E-state index is 1.04. The second-order valence-electron chi connectivity index (χ2n) is 5.64. The maximum absolute atomic E-state index is 2.32. The van der Waals surface area contributed by atoms with E-state index in [1.807, 2.05) is 0 Å². The van der Waals surface area contributed by atoms with Crippen LogP contribution in [0.5, 0.6) is 0 Å². The van der Waals surface area contributed by atoms with Gasteiger partial charge in [-0.3, -0.25) is 0 Å². The van der Waals surface area contributed by atoms with Crippen LogP contribution in [-0.4, -0.2) is 0 Å². The third-order valence-corrected chi connectivity index (χ3v) is 4.14. The Morgan fingerprint density at radius 2 is 1.58 bits per heavy atom. The summed E-state index contributed by atoms with van der Waals surface area (Å²) in [7, 11) is 0. The smallest absolute Gasteiger partial charge is 0.00298 e. The molecule has 0 aromatic heterocycles. The van der Waals surface area contributed by atoms with Crippen LogP contribution in [-0.2, 0) is 6.42 Å². The molecule has 3 aromatic rings. The van der Waals surface area contributed by atoms with Crippen LogP contribution in [0.3, 0.4) is 0 Å². The first kappa shape index (κ1) is 10.8. The van der Waals surface area contributed by atoms with Gasteiger partial charge in [0.2, 0.25) is 0 Å². The van der Waals surface area contributed by atoms with E-state index in [9.17, 15) is 0 Å². The fourth-order valence-corrected chi connectivity index (χ4v) is 3.29. The van der Waals surface area contributed by atoms with E-state index in [0.29, 0.717) is 0 Å². The molecule has 0 nitrogen and oxygen atoms in total. The highest BCUT2D eigenvalue weighted by molar-refractivity contribution is 6.12. The normalized spacial score (nSPS) is 14.3. The monoisotopic (exact) mass is 244 g/mol. The van der Waals surface area contributed by atoms with Gasteiger partial charge in [0.1, 0.15) is 0 Å². The third-order valence-electron chi connectivity index (χ3n) is 4.14. The van der Waals surface area contributed by atoms with Crippen LogP contribution in [0.25, 0.3) is 27.6 Å². The molecule has 0 saturated carbocycles. The van der Waals surface area contributed by atoms with Crippen LogP contribution in [0.15, 0.2) is 48.0 Å². The second-order valence-corrected chi connectivity index (χ2v) is 5.64. The Labute approximate surface area is 113 Å². The first-order valence-electron chi connectivity index (χ1n) is 6.85. The molecule has 0 spiro atoms. The lowest BCUT2D eigenvalue weighted by Gasteiger charge is -2.11. The Kier molecular flexibility index (Phi) is 2.11. The van der Waals surface area contributed by atoms with Gasteiger partial charge in [-0.15, -0.1) is 0 Å². The molecular weight excluding hydrogens is 228 g/mol. The molecule has 0 heterocycles. The Morgan fingerprint density at radius 1 is 0.842 bits per heavy atom. The van der Waals surface area contributed by atoms with Gasteiger partial charge in [-0.1, -0.05) is 54.1 Å². The van der Waals surface area contributed by atoms with Gasteiger partial charge in [0.15, 0.2) is 0 Å². The number of rotatable bonds is 0. The predicted molar refractivity (Wildman–Crippen MR) is 83.3 cm³/mol. The van der Waals surface area contributed by atoms with Crippen molar-refractivity contribution in [3.05, 3.63) is 64.4 Å². The molecule has 0 unspecified atom stereocenters. The van der Waals surface area contributed by atoms with E-state index in [1.54, 1.807) is 0 Å². The zero-order valence-corrected chi connectivity index (χ0v) is 11.3. The highest BCUT2D eigenvalue weighted by Crippen LogP contribution is 2.29. The van der Waals surface area contributed by atoms with Crippen molar-refractivity contribution in [1.82, 2.24) is 0 Å². The number of allylic oxidation sites excluding steroid dienone is 2. The van der Waals surface area contributed by atoms with Gasteiger partial charge in [0.05, 0.1) is 0 Å². The van der Waals surface area contributed by atoms with Crippen LogP contribution in [0.2, 0.25) is 0 Å². The van der Waals surface area contributed by atoms with Crippen LogP contribution in [0.4, 0.5) is 0 Å². The zero-order chi connectivity index (χ0) is 13.0. The van der Waals surface area contributed by atoms with E-state index in [0.717, 1.165) is 6.42 Å². The average Bonchev–Trinajstić information content (AvgIpc) is 2.55. The van der Waals surface area contributed by atoms with E-state index < -0.39 is 0 Å². The lowest BCUT2D eigenvalue weighted by atomic mass is 9.93. The SMILES string of the molecule is CC1=CCc2ccc3cc(C)cc4ccc(c2c34)=C1. The lowest BCUT2D eigenvalue weighted by Crippen LogP contribution is -2.04. The van der Waals surface area contributed by atoms with Crippen LogP contribution in [0.1, 0.15) is 18.1 Å². The first-order valence-corrected chi connectivity index (χ1v) is 6.85. The summed E-state index contributed by atoms with van der Waals surface area (Å²) in [4.78, 5) is 0. The quantitative estimate of drug-likeness (QED) is 0.553. The summed E-state index contributed by atoms with van der Waals surface area (Å²) < 4.78 is 0. The van der Waals surface area contributed by atoms with Crippen molar-refractivity contribution < 1.29 is 0 Å².